The zero-order valence-corrected chi connectivity index (χ0v) is 28.1. The number of imidazole rings is 1. The number of nitrogens with zero attached hydrogens (tertiary/aromatic N) is 4. The van der Waals surface area contributed by atoms with Crippen LogP contribution in [0.25, 0.3) is 0 Å². The number of hydrogen-bond donors (Lipinski definition) is 0. The summed E-state index contributed by atoms with van der Waals surface area (Å²) in [6, 6.07) is 4.93. The molecule has 2 amide bonds. The Morgan fingerprint density at radius 1 is 1.00 bits per heavy atom. The number of carbonyl (C=O) groups excluding carboxylic acids is 4. The number of benzene rings is 1. The van der Waals surface area contributed by atoms with Crippen LogP contribution in [0.2, 0.25) is 0 Å². The average molecular weight is 681 g/mol. The number of amides is 2. The van der Waals surface area contributed by atoms with Crippen molar-refractivity contribution in [3.63, 3.8) is 0 Å². The highest BCUT2D eigenvalue weighted by molar-refractivity contribution is 5.86. The van der Waals surface area contributed by atoms with Crippen molar-refractivity contribution in [2.75, 3.05) is 31.4 Å². The number of hydrogen-bond acceptors (Lipinski definition) is 9. The van der Waals surface area contributed by atoms with Crippen molar-refractivity contribution in [1.29, 1.82) is 0 Å². The van der Waals surface area contributed by atoms with Crippen molar-refractivity contribution < 1.29 is 51.3 Å². The Kier molecular flexibility index (Phi) is 11.0. The van der Waals surface area contributed by atoms with Crippen LogP contribution in [-0.4, -0.2) is 76.7 Å². The van der Waals surface area contributed by atoms with E-state index in [9.17, 15) is 32.3 Å². The lowest BCUT2D eigenvalue weighted by atomic mass is 9.94. The first-order valence-electron chi connectivity index (χ1n) is 15.8. The molecule has 0 bridgehead atoms. The zero-order valence-electron chi connectivity index (χ0n) is 28.1. The summed E-state index contributed by atoms with van der Waals surface area (Å²) >= 11 is 0. The molecule has 0 aliphatic carbocycles. The maximum atomic E-state index is 13.5. The fourth-order valence-electron chi connectivity index (χ4n) is 5.29. The third kappa shape index (κ3) is 10.1. The largest absolute Gasteiger partial charge is 0.493 e. The summed E-state index contributed by atoms with van der Waals surface area (Å²) < 4.78 is 63.7. The Morgan fingerprint density at radius 2 is 1.73 bits per heavy atom. The number of anilines is 1. The normalized spacial score (nSPS) is 16.9. The first-order valence-corrected chi connectivity index (χ1v) is 15.8. The van der Waals surface area contributed by atoms with Gasteiger partial charge in [0, 0.05) is 32.3 Å². The third-order valence-corrected chi connectivity index (χ3v) is 7.54. The Bertz CT molecular complexity index is 1510. The molecule has 1 aromatic carbocycles. The van der Waals surface area contributed by atoms with Gasteiger partial charge in [0.05, 0.1) is 30.1 Å². The second-order valence-corrected chi connectivity index (χ2v) is 14.0. The van der Waals surface area contributed by atoms with Crippen molar-refractivity contribution in [1.82, 2.24) is 14.5 Å². The lowest BCUT2D eigenvalue weighted by Gasteiger charge is -2.29. The predicted molar refractivity (Wildman–Crippen MR) is 166 cm³/mol. The van der Waals surface area contributed by atoms with Crippen molar-refractivity contribution in [2.24, 2.45) is 11.3 Å². The number of aromatic nitrogens is 2. The lowest BCUT2D eigenvalue weighted by molar-refractivity contribution is -0.175. The fourth-order valence-corrected chi connectivity index (χ4v) is 5.29. The van der Waals surface area contributed by atoms with Crippen molar-refractivity contribution in [3.05, 3.63) is 41.2 Å². The van der Waals surface area contributed by atoms with Gasteiger partial charge in [-0.25, -0.2) is 14.7 Å². The van der Waals surface area contributed by atoms with Crippen molar-refractivity contribution in [2.45, 2.75) is 92.1 Å². The van der Waals surface area contributed by atoms with Crippen LogP contribution in [0.1, 0.15) is 71.2 Å². The molecule has 48 heavy (non-hydrogen) atoms. The van der Waals surface area contributed by atoms with Gasteiger partial charge in [-0.2, -0.15) is 13.2 Å². The molecular formula is C33H43F3N4O8. The predicted octanol–water partition coefficient (Wildman–Crippen LogP) is 5.19. The molecule has 0 radical (unpaired) electrons. The summed E-state index contributed by atoms with van der Waals surface area (Å²) in [7, 11) is 0. The van der Waals surface area contributed by atoms with Gasteiger partial charge in [-0.15, -0.1) is 0 Å². The first-order chi connectivity index (χ1) is 22.3. The summed E-state index contributed by atoms with van der Waals surface area (Å²) in [5.41, 5.74) is 0.286. The van der Waals surface area contributed by atoms with Crippen LogP contribution in [0.5, 0.6) is 5.75 Å². The Hall–Kier alpha value is -4.30. The van der Waals surface area contributed by atoms with Gasteiger partial charge in [-0.1, -0.05) is 6.07 Å². The van der Waals surface area contributed by atoms with Crippen molar-refractivity contribution >= 4 is 29.9 Å². The highest BCUT2D eigenvalue weighted by Crippen LogP contribution is 2.31. The SMILES string of the molecule is CC(C)(C)OC(=O)N1CCCn2cc(CCOc3ccc4c(c3)CN(CC(F)(F)F)C(=O)[C@H](CC(=O)OCOC(=O)C(C)(C)C)C4)nc21. The molecule has 4 rings (SSSR count). The quantitative estimate of drug-likeness (QED) is 0.260. The van der Waals surface area contributed by atoms with Crippen molar-refractivity contribution in [3.8, 4) is 5.75 Å². The van der Waals surface area contributed by atoms with E-state index in [1.807, 2.05) is 10.8 Å². The number of alkyl halides is 3. The van der Waals surface area contributed by atoms with Gasteiger partial charge in [-0.05, 0) is 77.6 Å². The minimum absolute atomic E-state index is 0.00798. The molecule has 12 nitrogen and oxygen atoms in total. The van der Waals surface area contributed by atoms with E-state index in [0.29, 0.717) is 52.9 Å². The number of aryl methyl sites for hydroxylation is 1. The van der Waals surface area contributed by atoms with Crippen LogP contribution in [0.15, 0.2) is 24.4 Å². The van der Waals surface area contributed by atoms with Gasteiger partial charge in [0.2, 0.25) is 18.6 Å². The summed E-state index contributed by atoms with van der Waals surface area (Å²) in [4.78, 5) is 57.2. The van der Waals surface area contributed by atoms with Gasteiger partial charge in [0.1, 0.15) is 17.9 Å². The second kappa shape index (κ2) is 14.4. The lowest BCUT2D eigenvalue weighted by Crippen LogP contribution is -2.41. The number of halogens is 3. The van der Waals surface area contributed by atoms with Crippen LogP contribution in [-0.2, 0) is 54.5 Å². The van der Waals surface area contributed by atoms with Gasteiger partial charge in [-0.3, -0.25) is 14.4 Å². The Morgan fingerprint density at radius 3 is 2.40 bits per heavy atom. The van der Waals surface area contributed by atoms with Gasteiger partial charge in [0.15, 0.2) is 0 Å². The molecule has 2 aliphatic rings. The number of rotatable bonds is 9. The smallest absolute Gasteiger partial charge is 0.417 e. The van der Waals surface area contributed by atoms with Crippen LogP contribution in [0.3, 0.4) is 0 Å². The van der Waals surface area contributed by atoms with Gasteiger partial charge < -0.3 is 28.4 Å². The molecule has 1 aromatic heterocycles. The van der Waals surface area contributed by atoms with Gasteiger partial charge in [0.25, 0.3) is 0 Å². The maximum Gasteiger partial charge on any atom is 0.417 e. The highest BCUT2D eigenvalue weighted by atomic mass is 19.4. The average Bonchev–Trinajstić information content (AvgIpc) is 3.33. The standard InChI is InChI=1S/C33H43F3N4O8/c1-31(2,3)28(43)47-20-46-26(41)16-22-14-21-8-9-25(15-23(21)17-39(27(22)42)19-33(34,35)36)45-13-10-24-18-38-11-7-12-40(29(38)37-24)30(44)48-32(4,5)6/h8-9,15,18,22H,7,10-14,16-17,19-20H2,1-6H3/t22-/m0/s1. The maximum absolute atomic E-state index is 13.5. The van der Waals surface area contributed by atoms with Crippen LogP contribution in [0.4, 0.5) is 23.9 Å². The molecule has 3 heterocycles. The molecule has 0 saturated carbocycles. The van der Waals surface area contributed by atoms with Crippen LogP contribution < -0.4 is 9.64 Å². The number of esters is 2. The molecule has 0 saturated heterocycles. The molecule has 2 aliphatic heterocycles. The van der Waals surface area contributed by atoms with Gasteiger partial charge >= 0.3 is 24.2 Å². The summed E-state index contributed by atoms with van der Waals surface area (Å²) in [6.07, 6.45) is -2.62. The van der Waals surface area contributed by atoms with E-state index >= 15 is 0 Å². The van der Waals surface area contributed by atoms with Crippen LogP contribution in [0, 0.1) is 11.3 Å². The number of ether oxygens (including phenoxy) is 4. The molecule has 2 aromatic rings. The fraction of sp³-hybridized carbons (Fsp3) is 0.606. The summed E-state index contributed by atoms with van der Waals surface area (Å²) in [5, 5.41) is 0. The van der Waals surface area contributed by atoms with E-state index in [0.717, 1.165) is 6.42 Å². The minimum atomic E-state index is -4.66. The number of carbonyl (C=O) groups is 4. The topological polar surface area (TPSA) is 130 Å². The molecule has 264 valence electrons. The summed E-state index contributed by atoms with van der Waals surface area (Å²) in [5.74, 6) is -2.53. The molecule has 1 atom stereocenters. The van der Waals surface area contributed by atoms with E-state index in [1.165, 1.54) is 4.90 Å². The minimum Gasteiger partial charge on any atom is -0.493 e. The first kappa shape index (κ1) is 36.5. The van der Waals surface area contributed by atoms with E-state index in [1.54, 1.807) is 59.7 Å². The van der Waals surface area contributed by atoms with E-state index in [4.69, 9.17) is 18.9 Å². The van der Waals surface area contributed by atoms with E-state index in [2.05, 4.69) is 4.98 Å². The molecule has 0 unspecified atom stereocenters. The van der Waals surface area contributed by atoms with Crippen LogP contribution >= 0.6 is 0 Å². The number of fused-ring (bicyclic) bond motifs is 2. The summed E-state index contributed by atoms with van der Waals surface area (Å²) in [6.45, 7) is 9.16. The molecule has 15 heteroatoms. The molecular weight excluding hydrogens is 637 g/mol. The third-order valence-electron chi connectivity index (χ3n) is 7.54. The highest BCUT2D eigenvalue weighted by Gasteiger charge is 2.39. The monoisotopic (exact) mass is 680 g/mol. The molecule has 0 N–H and O–H groups in total. The second-order valence-electron chi connectivity index (χ2n) is 14.0. The Balaban J connectivity index is 1.41. The molecule has 0 fully saturated rings. The van der Waals surface area contributed by atoms with E-state index < -0.39 is 66.8 Å². The van der Waals surface area contributed by atoms with E-state index in [-0.39, 0.29) is 19.6 Å². The zero-order chi connectivity index (χ0) is 35.4. The Labute approximate surface area is 277 Å². The molecule has 0 spiro atoms.